The molecule has 0 spiro atoms. The third-order valence-corrected chi connectivity index (χ3v) is 4.97. The fourth-order valence-electron chi connectivity index (χ4n) is 2.48. The van der Waals surface area contributed by atoms with Crippen molar-refractivity contribution in [1.29, 1.82) is 0 Å². The maximum absolute atomic E-state index is 13.0. The van der Waals surface area contributed by atoms with E-state index in [9.17, 15) is 26.3 Å². The molecule has 0 aliphatic carbocycles. The van der Waals surface area contributed by atoms with Gasteiger partial charge in [-0.3, -0.25) is 10.7 Å². The van der Waals surface area contributed by atoms with Gasteiger partial charge >= 0.3 is 12.4 Å². The summed E-state index contributed by atoms with van der Waals surface area (Å²) >= 11 is 1.04. The lowest BCUT2D eigenvalue weighted by Gasteiger charge is -2.14. The smallest absolute Gasteiger partial charge is 0.343 e. The molecule has 3 rings (SSSR count). The molecule has 1 aromatic carbocycles. The van der Waals surface area contributed by atoms with Gasteiger partial charge in [-0.15, -0.1) is 11.3 Å². The molecule has 0 radical (unpaired) electrons. The minimum atomic E-state index is -4.89. The zero-order valence-corrected chi connectivity index (χ0v) is 13.4. The van der Waals surface area contributed by atoms with Crippen LogP contribution >= 0.6 is 11.3 Å². The third-order valence-electron chi connectivity index (χ3n) is 3.69. The van der Waals surface area contributed by atoms with Crippen LogP contribution < -0.4 is 11.1 Å². The number of thiophene rings is 1. The number of alkyl halides is 6. The molecular formula is C15H11F6N3S. The molecule has 0 saturated carbocycles. The molecule has 134 valence electrons. The van der Waals surface area contributed by atoms with E-state index in [-0.39, 0.29) is 11.6 Å². The molecule has 1 aliphatic heterocycles. The maximum Gasteiger partial charge on any atom is 0.416 e. The van der Waals surface area contributed by atoms with E-state index in [1.165, 1.54) is 6.21 Å². The van der Waals surface area contributed by atoms with Crippen LogP contribution in [0.1, 0.15) is 22.3 Å². The summed E-state index contributed by atoms with van der Waals surface area (Å²) in [7, 11) is 0. The van der Waals surface area contributed by atoms with Crippen LogP contribution in [-0.4, -0.2) is 12.5 Å². The fraction of sp³-hybridized carbons (Fsp3) is 0.267. The van der Waals surface area contributed by atoms with Crippen LogP contribution in [0.4, 0.5) is 31.3 Å². The molecule has 1 aliphatic rings. The molecule has 3 nitrogen and oxygen atoms in total. The van der Waals surface area contributed by atoms with Crippen molar-refractivity contribution in [3.8, 4) is 10.4 Å². The first-order chi connectivity index (χ1) is 11.5. The van der Waals surface area contributed by atoms with Gasteiger partial charge in [-0.1, -0.05) is 0 Å². The Hall–Kier alpha value is -2.07. The first-order valence-corrected chi connectivity index (χ1v) is 7.77. The number of halogens is 6. The molecular weight excluding hydrogens is 368 g/mol. The highest BCUT2D eigenvalue weighted by Gasteiger charge is 2.37. The van der Waals surface area contributed by atoms with Gasteiger partial charge in [0.25, 0.3) is 0 Å². The van der Waals surface area contributed by atoms with E-state index in [1.54, 1.807) is 6.92 Å². The third kappa shape index (κ3) is 3.36. The average Bonchev–Trinajstić information content (AvgIpc) is 2.81. The van der Waals surface area contributed by atoms with Crippen LogP contribution in [0.2, 0.25) is 0 Å². The summed E-state index contributed by atoms with van der Waals surface area (Å²) in [4.78, 5) is 4.24. The Balaban J connectivity index is 2.20. The van der Waals surface area contributed by atoms with Crippen LogP contribution in [0, 0.1) is 6.92 Å². The number of benzene rings is 1. The van der Waals surface area contributed by atoms with E-state index >= 15 is 0 Å². The van der Waals surface area contributed by atoms with Gasteiger partial charge in [0, 0.05) is 16.7 Å². The molecule has 0 amide bonds. The molecule has 3 N–H and O–H groups in total. The number of rotatable bonds is 1. The molecule has 1 unspecified atom stereocenters. The van der Waals surface area contributed by atoms with Crippen molar-refractivity contribution in [2.24, 2.45) is 10.7 Å². The molecule has 1 atom stereocenters. The van der Waals surface area contributed by atoms with Crippen LogP contribution in [0.3, 0.4) is 0 Å². The highest BCUT2D eigenvalue weighted by molar-refractivity contribution is 7.20. The number of fused-ring (bicyclic) bond motifs is 1. The largest absolute Gasteiger partial charge is 0.416 e. The number of hydrogen-bond acceptors (Lipinski definition) is 4. The van der Waals surface area contributed by atoms with E-state index in [4.69, 9.17) is 5.73 Å². The average molecular weight is 379 g/mol. The Bertz CT molecular complexity index is 818. The lowest BCUT2D eigenvalue weighted by molar-refractivity contribution is -0.143. The van der Waals surface area contributed by atoms with Crippen LogP contribution in [0.5, 0.6) is 0 Å². The van der Waals surface area contributed by atoms with E-state index in [1.807, 2.05) is 0 Å². The van der Waals surface area contributed by atoms with Gasteiger partial charge < -0.3 is 5.32 Å². The van der Waals surface area contributed by atoms with Crippen molar-refractivity contribution < 1.29 is 26.3 Å². The minimum Gasteiger partial charge on any atom is -0.343 e. The van der Waals surface area contributed by atoms with Crippen molar-refractivity contribution in [3.63, 3.8) is 0 Å². The predicted octanol–water partition coefficient (Wildman–Crippen LogP) is 4.85. The van der Waals surface area contributed by atoms with E-state index in [0.717, 1.165) is 23.5 Å². The monoisotopic (exact) mass is 379 g/mol. The molecule has 0 saturated heterocycles. The summed E-state index contributed by atoms with van der Waals surface area (Å²) < 4.78 is 78.1. The summed E-state index contributed by atoms with van der Waals surface area (Å²) in [5.41, 5.74) is 3.91. The van der Waals surface area contributed by atoms with Gasteiger partial charge in [-0.2, -0.15) is 26.3 Å². The summed E-state index contributed by atoms with van der Waals surface area (Å²) in [5, 5.41) is 3.39. The Kier molecular flexibility index (Phi) is 4.07. The van der Waals surface area contributed by atoms with E-state index in [0.29, 0.717) is 21.0 Å². The number of nitrogens with one attached hydrogen (secondary N) is 1. The second-order valence-corrected chi connectivity index (χ2v) is 6.48. The molecule has 0 bridgehead atoms. The zero-order valence-electron chi connectivity index (χ0n) is 12.6. The Morgan fingerprint density at radius 1 is 1.04 bits per heavy atom. The molecule has 10 heteroatoms. The Morgan fingerprint density at radius 3 is 2.12 bits per heavy atom. The quantitative estimate of drug-likeness (QED) is 0.696. The number of hydrogen-bond donors (Lipinski definition) is 2. The standard InChI is InChI=1S/C15H11F6N3S/c1-6-10-5-23-13(22)24-12(10)25-11(6)7-2-8(14(16,17)18)4-9(3-7)15(19,20)21/h2-5,13,24H,22H2,1H3. The van der Waals surface area contributed by atoms with Gasteiger partial charge in [0.1, 0.15) is 5.00 Å². The molecule has 2 heterocycles. The first-order valence-electron chi connectivity index (χ1n) is 6.95. The maximum atomic E-state index is 13.0. The molecule has 2 aromatic rings. The van der Waals surface area contributed by atoms with Gasteiger partial charge in [0.2, 0.25) is 0 Å². The Morgan fingerprint density at radius 2 is 1.60 bits per heavy atom. The van der Waals surface area contributed by atoms with Crippen molar-refractivity contribution >= 4 is 22.6 Å². The van der Waals surface area contributed by atoms with Gasteiger partial charge in [-0.05, 0) is 36.2 Å². The topological polar surface area (TPSA) is 50.4 Å². The van der Waals surface area contributed by atoms with Crippen LogP contribution in [-0.2, 0) is 12.4 Å². The van der Waals surface area contributed by atoms with E-state index in [2.05, 4.69) is 10.3 Å². The second-order valence-electron chi connectivity index (χ2n) is 5.46. The lowest BCUT2D eigenvalue weighted by atomic mass is 10.0. The summed E-state index contributed by atoms with van der Waals surface area (Å²) in [6.07, 6.45) is -9.01. The highest BCUT2D eigenvalue weighted by atomic mass is 32.1. The van der Waals surface area contributed by atoms with Crippen molar-refractivity contribution in [1.82, 2.24) is 0 Å². The normalized spacial score (nSPS) is 17.4. The highest BCUT2D eigenvalue weighted by Crippen LogP contribution is 2.44. The second kappa shape index (κ2) is 5.73. The van der Waals surface area contributed by atoms with Crippen molar-refractivity contribution in [3.05, 3.63) is 40.5 Å². The van der Waals surface area contributed by atoms with Crippen LogP contribution in [0.15, 0.2) is 23.2 Å². The van der Waals surface area contributed by atoms with E-state index < -0.39 is 29.8 Å². The van der Waals surface area contributed by atoms with Gasteiger partial charge in [-0.25, -0.2) is 0 Å². The molecule has 0 fully saturated rings. The Labute approximate surface area is 142 Å². The SMILES string of the molecule is Cc1c(-c2cc(C(F)(F)F)cc(C(F)(F)F)c2)sc2c1C=NC(N)N2. The zero-order chi connectivity index (χ0) is 18.6. The number of anilines is 1. The summed E-state index contributed by atoms with van der Waals surface area (Å²) in [5.74, 6) is 0. The molecule has 1 aromatic heterocycles. The van der Waals surface area contributed by atoms with Gasteiger partial charge in [0.05, 0.1) is 11.1 Å². The minimum absolute atomic E-state index is 0.113. The number of nitrogens with two attached hydrogens (primary N) is 1. The summed E-state index contributed by atoms with van der Waals surface area (Å²) in [6.45, 7) is 1.61. The molecule has 25 heavy (non-hydrogen) atoms. The number of aliphatic imine (C=N–C) groups is 1. The van der Waals surface area contributed by atoms with Crippen molar-refractivity contribution in [2.75, 3.05) is 5.32 Å². The van der Waals surface area contributed by atoms with Gasteiger partial charge in [0.15, 0.2) is 6.29 Å². The predicted molar refractivity (Wildman–Crippen MR) is 83.7 cm³/mol. The fourth-order valence-corrected chi connectivity index (χ4v) is 3.68. The lowest BCUT2D eigenvalue weighted by Crippen LogP contribution is -2.29. The van der Waals surface area contributed by atoms with Crippen molar-refractivity contribution in [2.45, 2.75) is 25.6 Å². The first kappa shape index (κ1) is 17.7. The number of nitrogens with zero attached hydrogens (tertiary/aromatic N) is 1. The summed E-state index contributed by atoms with van der Waals surface area (Å²) in [6, 6.07) is 1.55. The van der Waals surface area contributed by atoms with Crippen LogP contribution in [0.25, 0.3) is 10.4 Å².